The maximum Gasteiger partial charge on any atom is 0.411 e. The lowest BCUT2D eigenvalue weighted by Gasteiger charge is -2.42. The molecule has 0 bridgehead atoms. The fourth-order valence-electron chi connectivity index (χ4n) is 4.01. The molecule has 2 aromatic heterocycles. The molecule has 1 N–H and O–H groups in total. The maximum atomic E-state index is 13.8. The van der Waals surface area contributed by atoms with Crippen LogP contribution in [0.25, 0.3) is 0 Å². The molecule has 3 aromatic rings. The van der Waals surface area contributed by atoms with E-state index in [1.807, 2.05) is 0 Å². The second-order valence-corrected chi connectivity index (χ2v) is 11.3. The number of rotatable bonds is 8. The summed E-state index contributed by atoms with van der Waals surface area (Å²) < 4.78 is 77.2. The summed E-state index contributed by atoms with van der Waals surface area (Å²) in [5.41, 5.74) is -3.56. The van der Waals surface area contributed by atoms with Crippen molar-refractivity contribution in [1.82, 2.24) is 30.4 Å². The van der Waals surface area contributed by atoms with Crippen LogP contribution in [-0.2, 0) is 23.0 Å². The number of carbonyl (C=O) groups excluding carboxylic acids is 1. The van der Waals surface area contributed by atoms with Crippen molar-refractivity contribution < 1.29 is 36.2 Å². The molecule has 0 saturated heterocycles. The number of hydrogen-bond acceptors (Lipinski definition) is 9. The van der Waals surface area contributed by atoms with Gasteiger partial charge in [0, 0.05) is 24.8 Å². The number of tetrazole rings is 1. The van der Waals surface area contributed by atoms with E-state index in [9.17, 15) is 31.5 Å². The normalized spacial score (nSPS) is 16.1. The molecule has 212 valence electrons. The lowest BCUT2D eigenvalue weighted by Crippen LogP contribution is -2.60. The topological polar surface area (TPSA) is 162 Å². The second kappa shape index (κ2) is 10.2. The Hall–Kier alpha value is -3.60. The number of H-pyrrole nitrogens is 1. The first-order chi connectivity index (χ1) is 18.2. The van der Waals surface area contributed by atoms with Crippen molar-refractivity contribution in [2.45, 2.75) is 62.9 Å². The number of aromatic amines is 1. The van der Waals surface area contributed by atoms with Crippen LogP contribution in [0.4, 0.5) is 29.3 Å². The third-order valence-corrected chi connectivity index (χ3v) is 8.40. The highest BCUT2D eigenvalue weighted by molar-refractivity contribution is 7.93. The smallest absolute Gasteiger partial charge is 0.411 e. The van der Waals surface area contributed by atoms with Crippen LogP contribution in [0.15, 0.2) is 29.3 Å². The Balaban J connectivity index is 1.81. The number of sulfonamides is 1. The van der Waals surface area contributed by atoms with Gasteiger partial charge in [-0.3, -0.25) is 8.99 Å². The summed E-state index contributed by atoms with van der Waals surface area (Å²) in [4.78, 5) is 11.6. The van der Waals surface area contributed by atoms with Crippen LogP contribution < -0.4 is 19.0 Å². The molecule has 1 atom stereocenters. The molecule has 18 heteroatoms. The summed E-state index contributed by atoms with van der Waals surface area (Å²) in [6, 6.07) is 3.27. The number of halogens is 4. The Morgan fingerprint density at radius 2 is 2.05 bits per heavy atom. The minimum absolute atomic E-state index is 0.00574. The summed E-state index contributed by atoms with van der Waals surface area (Å²) in [5.74, 6) is 0.356. The van der Waals surface area contributed by atoms with Crippen LogP contribution in [0.3, 0.4) is 0 Å². The molecule has 0 fully saturated rings. The first-order valence-corrected chi connectivity index (χ1v) is 13.3. The van der Waals surface area contributed by atoms with Gasteiger partial charge in [0.25, 0.3) is 10.0 Å². The molecule has 0 saturated carbocycles. The first-order valence-electron chi connectivity index (χ1n) is 11.5. The van der Waals surface area contributed by atoms with E-state index in [0.29, 0.717) is 26.2 Å². The number of ether oxygens (including phenoxy) is 1. The van der Waals surface area contributed by atoms with E-state index in [1.54, 1.807) is 6.92 Å². The quantitative estimate of drug-likeness (QED) is 0.413. The highest BCUT2D eigenvalue weighted by atomic mass is 35.5. The Morgan fingerprint density at radius 3 is 2.62 bits per heavy atom. The third kappa shape index (κ3) is 5.32. The minimum Gasteiger partial charge on any atom is -0.530 e. The number of nitrogens with one attached hydrogen (secondary N) is 1. The largest absolute Gasteiger partial charge is 0.530 e. The van der Waals surface area contributed by atoms with Crippen molar-refractivity contribution in [1.29, 1.82) is 0 Å². The SMILES string of the molecule is CCn1cc(S(=O)(=O)N2C[C@H](CCc3nn[nH]n3)Oc3ccc(N(C(=O)[O-])C(C)(C)C(F)(F)F)cc32)c(Cl)n1. The lowest BCUT2D eigenvalue weighted by molar-refractivity contribution is -0.254. The number of amides is 1. The van der Waals surface area contributed by atoms with Gasteiger partial charge in [-0.2, -0.15) is 23.5 Å². The zero-order valence-corrected chi connectivity index (χ0v) is 22.4. The van der Waals surface area contributed by atoms with E-state index < -0.39 is 39.6 Å². The summed E-state index contributed by atoms with van der Waals surface area (Å²) >= 11 is 6.14. The van der Waals surface area contributed by atoms with Gasteiger partial charge >= 0.3 is 6.18 Å². The third-order valence-electron chi connectivity index (χ3n) is 6.22. The number of carboxylic acid groups (broad SMARTS) is 1. The van der Waals surface area contributed by atoms with Gasteiger partial charge in [0.15, 0.2) is 11.0 Å². The molecule has 39 heavy (non-hydrogen) atoms. The molecule has 0 unspecified atom stereocenters. The Labute approximate surface area is 225 Å². The average molecular weight is 592 g/mol. The van der Waals surface area contributed by atoms with E-state index in [4.69, 9.17) is 16.3 Å². The first kappa shape index (κ1) is 28.4. The van der Waals surface area contributed by atoms with Gasteiger partial charge in [0.05, 0.1) is 12.2 Å². The van der Waals surface area contributed by atoms with Crippen LogP contribution in [0, 0.1) is 0 Å². The molecule has 1 aromatic carbocycles. The molecule has 0 radical (unpaired) electrons. The molecule has 4 rings (SSSR count). The summed E-state index contributed by atoms with van der Waals surface area (Å²) in [7, 11) is -4.44. The summed E-state index contributed by atoms with van der Waals surface area (Å²) in [6.07, 6.45) is -6.09. The van der Waals surface area contributed by atoms with Crippen molar-refractivity contribution in [2.24, 2.45) is 0 Å². The molecule has 0 aliphatic carbocycles. The number of hydrogen-bond donors (Lipinski definition) is 1. The van der Waals surface area contributed by atoms with Crippen LogP contribution in [0.5, 0.6) is 5.75 Å². The molecule has 1 amide bonds. The highest BCUT2D eigenvalue weighted by Gasteiger charge is 2.52. The highest BCUT2D eigenvalue weighted by Crippen LogP contribution is 2.44. The number of aryl methyl sites for hydroxylation is 2. The fraction of sp³-hybridized carbons (Fsp3) is 0.476. The molecular formula is C21H23ClF3N8O5S-. The Morgan fingerprint density at radius 1 is 1.33 bits per heavy atom. The van der Waals surface area contributed by atoms with E-state index in [0.717, 1.165) is 16.4 Å². The number of aromatic nitrogens is 6. The van der Waals surface area contributed by atoms with Crippen LogP contribution >= 0.6 is 11.6 Å². The number of benzene rings is 1. The number of carbonyl (C=O) groups is 1. The zero-order chi connectivity index (χ0) is 28.8. The Bertz CT molecular complexity index is 1460. The number of alkyl halides is 3. The Kier molecular flexibility index (Phi) is 7.41. The maximum absolute atomic E-state index is 13.8. The van der Waals surface area contributed by atoms with Crippen LogP contribution in [-0.4, -0.2) is 69.3 Å². The standard InChI is InChI=1S/C21H24ClF3N8O5S/c1-4-31-11-16(18(22)28-31)39(36,37)32-10-13(6-8-17-26-29-30-27-17)38-15-7-5-12(9-14(15)32)33(19(34)35)20(2,3)21(23,24)25/h5,7,9,11,13H,4,6,8,10H2,1-3H3,(H,34,35)(H,26,27,29,30)/p-1/t13-/m0/s1. The van der Waals surface area contributed by atoms with E-state index in [-0.39, 0.29) is 45.8 Å². The molecular weight excluding hydrogens is 569 g/mol. The van der Waals surface area contributed by atoms with E-state index >= 15 is 0 Å². The van der Waals surface area contributed by atoms with Crippen LogP contribution in [0.2, 0.25) is 5.15 Å². The zero-order valence-electron chi connectivity index (χ0n) is 20.8. The number of fused-ring (bicyclic) bond motifs is 1. The van der Waals surface area contributed by atoms with Crippen molar-refractivity contribution >= 4 is 39.1 Å². The van der Waals surface area contributed by atoms with E-state index in [2.05, 4.69) is 25.7 Å². The van der Waals surface area contributed by atoms with Gasteiger partial charge < -0.3 is 19.5 Å². The van der Waals surface area contributed by atoms with Gasteiger partial charge in [0.2, 0.25) is 0 Å². The lowest BCUT2D eigenvalue weighted by atomic mass is 10.0. The molecule has 13 nitrogen and oxygen atoms in total. The number of nitrogens with zero attached hydrogens (tertiary/aromatic N) is 7. The summed E-state index contributed by atoms with van der Waals surface area (Å²) in [6.45, 7) is 3.10. The molecule has 1 aliphatic rings. The van der Waals surface area contributed by atoms with Crippen molar-refractivity contribution in [2.75, 3.05) is 15.7 Å². The monoisotopic (exact) mass is 591 g/mol. The minimum atomic E-state index is -4.98. The molecule has 3 heterocycles. The second-order valence-electron chi connectivity index (χ2n) is 9.09. The van der Waals surface area contributed by atoms with Gasteiger partial charge in [-0.15, -0.1) is 10.2 Å². The fourth-order valence-corrected chi connectivity index (χ4v) is 5.96. The molecule has 1 aliphatic heterocycles. The number of anilines is 2. The molecule has 0 spiro atoms. The van der Waals surface area contributed by atoms with Gasteiger partial charge in [-0.1, -0.05) is 16.8 Å². The van der Waals surface area contributed by atoms with Gasteiger partial charge in [-0.25, -0.2) is 8.42 Å². The predicted molar refractivity (Wildman–Crippen MR) is 129 cm³/mol. The van der Waals surface area contributed by atoms with Crippen molar-refractivity contribution in [3.8, 4) is 5.75 Å². The van der Waals surface area contributed by atoms with E-state index in [1.165, 1.54) is 16.9 Å². The van der Waals surface area contributed by atoms with Crippen molar-refractivity contribution in [3.63, 3.8) is 0 Å². The van der Waals surface area contributed by atoms with Gasteiger partial charge in [0.1, 0.15) is 28.4 Å². The van der Waals surface area contributed by atoms with Crippen LogP contribution in [0.1, 0.15) is 33.0 Å². The van der Waals surface area contributed by atoms with Crippen molar-refractivity contribution in [3.05, 3.63) is 35.4 Å². The summed E-state index contributed by atoms with van der Waals surface area (Å²) in [5, 5.41) is 29.0. The predicted octanol–water partition coefficient (Wildman–Crippen LogP) is 2.15. The average Bonchev–Trinajstić information content (AvgIpc) is 3.51. The van der Waals surface area contributed by atoms with Gasteiger partial charge in [-0.05, 0) is 45.4 Å².